The van der Waals surface area contributed by atoms with Crippen LogP contribution in [0, 0.1) is 0 Å². The zero-order chi connectivity index (χ0) is 20.3. The van der Waals surface area contributed by atoms with Gasteiger partial charge in [0, 0.05) is 16.3 Å². The molecule has 1 N–H and O–H groups in total. The van der Waals surface area contributed by atoms with Gasteiger partial charge in [0.2, 0.25) is 0 Å². The van der Waals surface area contributed by atoms with E-state index in [0.717, 1.165) is 10.6 Å². The van der Waals surface area contributed by atoms with Gasteiger partial charge in [-0.1, -0.05) is 83.9 Å². The molecule has 0 aliphatic rings. The number of halogens is 2. The van der Waals surface area contributed by atoms with Crippen LogP contribution in [0.1, 0.15) is 11.5 Å². The molecule has 0 saturated carbocycles. The van der Waals surface area contributed by atoms with E-state index in [9.17, 15) is 4.57 Å². The maximum atomic E-state index is 14.8. The molecule has 6 heteroatoms. The lowest BCUT2D eigenvalue weighted by atomic mass is 10.3. The monoisotopic (exact) mass is 441 g/mol. The molecule has 1 atom stereocenters. The number of benzene rings is 3. The van der Waals surface area contributed by atoms with Gasteiger partial charge in [0.05, 0.1) is 16.3 Å². The Morgan fingerprint density at radius 3 is 1.90 bits per heavy atom. The molecule has 0 amide bonds. The zero-order valence-electron chi connectivity index (χ0n) is 15.3. The topological polar surface area (TPSA) is 42.2 Å². The van der Waals surface area contributed by atoms with Gasteiger partial charge in [0.15, 0.2) is 7.14 Å². The average molecular weight is 442 g/mol. The summed E-state index contributed by atoms with van der Waals surface area (Å²) in [5, 5.41) is 5.74. The zero-order valence-corrected chi connectivity index (χ0v) is 17.7. The highest BCUT2D eigenvalue weighted by molar-refractivity contribution is 7.79. The number of nitrogens with one attached hydrogen (secondary N) is 1. The second-order valence-corrected chi connectivity index (χ2v) is 10.2. The molecule has 3 aromatic carbocycles. The fourth-order valence-electron chi connectivity index (χ4n) is 3.28. The molecule has 1 aromatic heterocycles. The Morgan fingerprint density at radius 1 is 0.759 bits per heavy atom. The molecule has 0 saturated heterocycles. The fourth-order valence-corrected chi connectivity index (χ4v) is 6.54. The SMILES string of the molecule is O=P(c1ccccc1)(c1ccccc1)[C@H](Nc1ccc(Cl)c(Cl)c1)c1ccco1. The molecule has 0 radical (unpaired) electrons. The highest BCUT2D eigenvalue weighted by Crippen LogP contribution is 2.57. The van der Waals surface area contributed by atoms with Crippen molar-refractivity contribution in [1.29, 1.82) is 0 Å². The van der Waals surface area contributed by atoms with Gasteiger partial charge in [0.25, 0.3) is 0 Å². The molecule has 4 aromatic rings. The van der Waals surface area contributed by atoms with Crippen LogP contribution in [-0.2, 0) is 4.57 Å². The maximum absolute atomic E-state index is 14.8. The molecular formula is C23H18Cl2NO2P. The number of hydrogen-bond acceptors (Lipinski definition) is 3. The van der Waals surface area contributed by atoms with Crippen molar-refractivity contribution >= 4 is 46.6 Å². The van der Waals surface area contributed by atoms with E-state index in [0.29, 0.717) is 21.5 Å². The highest BCUT2D eigenvalue weighted by Gasteiger charge is 2.39. The van der Waals surface area contributed by atoms with Crippen LogP contribution >= 0.6 is 30.3 Å². The third kappa shape index (κ3) is 4.00. The summed E-state index contributed by atoms with van der Waals surface area (Å²) in [4.78, 5) is 0. The minimum atomic E-state index is -3.20. The summed E-state index contributed by atoms with van der Waals surface area (Å²) < 4.78 is 20.5. The Labute approximate surface area is 179 Å². The predicted octanol–water partition coefficient (Wildman–Crippen LogP) is 6.71. The van der Waals surface area contributed by atoms with Gasteiger partial charge in [-0.05, 0) is 30.3 Å². The van der Waals surface area contributed by atoms with Gasteiger partial charge in [0.1, 0.15) is 11.5 Å². The van der Waals surface area contributed by atoms with Crippen LogP contribution in [-0.4, -0.2) is 0 Å². The maximum Gasteiger partial charge on any atom is 0.171 e. The second kappa shape index (κ2) is 8.51. The first-order valence-corrected chi connectivity index (χ1v) is 11.6. The summed E-state index contributed by atoms with van der Waals surface area (Å²) >= 11 is 12.3. The Balaban J connectivity index is 1.90. The summed E-state index contributed by atoms with van der Waals surface area (Å²) in [6.45, 7) is 0. The molecule has 0 aliphatic heterocycles. The summed E-state index contributed by atoms with van der Waals surface area (Å²) in [5.74, 6) is -0.0494. The van der Waals surface area contributed by atoms with Crippen molar-refractivity contribution in [2.45, 2.75) is 5.78 Å². The first-order valence-electron chi connectivity index (χ1n) is 9.05. The Bertz CT molecular complexity index is 1090. The van der Waals surface area contributed by atoms with Gasteiger partial charge in [-0.15, -0.1) is 0 Å². The summed E-state index contributed by atoms with van der Waals surface area (Å²) in [6, 6.07) is 27.8. The first kappa shape index (κ1) is 19.8. The molecule has 4 rings (SSSR count). The van der Waals surface area contributed by atoms with Gasteiger partial charge in [-0.3, -0.25) is 0 Å². The summed E-state index contributed by atoms with van der Waals surface area (Å²) in [6.07, 6.45) is 1.58. The van der Waals surface area contributed by atoms with Gasteiger partial charge < -0.3 is 14.3 Å². The van der Waals surface area contributed by atoms with E-state index in [-0.39, 0.29) is 0 Å². The third-order valence-electron chi connectivity index (χ3n) is 4.68. The molecule has 0 aliphatic carbocycles. The lowest BCUT2D eigenvalue weighted by Crippen LogP contribution is -2.25. The van der Waals surface area contributed by atoms with E-state index in [2.05, 4.69) is 5.32 Å². The first-order chi connectivity index (χ1) is 14.1. The van der Waals surface area contributed by atoms with Crippen LogP contribution < -0.4 is 15.9 Å². The molecular weight excluding hydrogens is 424 g/mol. The highest BCUT2D eigenvalue weighted by atomic mass is 35.5. The van der Waals surface area contributed by atoms with Crippen LogP contribution in [0.4, 0.5) is 5.69 Å². The van der Waals surface area contributed by atoms with Crippen molar-refractivity contribution < 1.29 is 8.98 Å². The minimum absolute atomic E-state index is 0.420. The Kier molecular flexibility index (Phi) is 5.82. The van der Waals surface area contributed by atoms with Crippen molar-refractivity contribution in [3.63, 3.8) is 0 Å². The quantitative estimate of drug-likeness (QED) is 0.338. The van der Waals surface area contributed by atoms with E-state index in [1.807, 2.05) is 72.8 Å². The fraction of sp³-hybridized carbons (Fsp3) is 0.0435. The molecule has 0 fully saturated rings. The molecule has 0 spiro atoms. The largest absolute Gasteiger partial charge is 0.467 e. The van der Waals surface area contributed by atoms with Crippen LogP contribution in [0.15, 0.2) is 102 Å². The van der Waals surface area contributed by atoms with E-state index in [1.165, 1.54) is 0 Å². The Hall–Kier alpha value is -2.45. The number of anilines is 1. The van der Waals surface area contributed by atoms with Crippen molar-refractivity contribution in [1.82, 2.24) is 0 Å². The predicted molar refractivity (Wildman–Crippen MR) is 121 cm³/mol. The normalized spacial score (nSPS) is 12.5. The van der Waals surface area contributed by atoms with Crippen molar-refractivity contribution in [2.24, 2.45) is 0 Å². The van der Waals surface area contributed by atoms with E-state index in [1.54, 1.807) is 24.5 Å². The average Bonchev–Trinajstić information content (AvgIpc) is 3.30. The van der Waals surface area contributed by atoms with Crippen molar-refractivity contribution in [3.8, 4) is 0 Å². The molecule has 1 heterocycles. The molecule has 3 nitrogen and oxygen atoms in total. The third-order valence-corrected chi connectivity index (χ3v) is 8.66. The van der Waals surface area contributed by atoms with Gasteiger partial charge >= 0.3 is 0 Å². The van der Waals surface area contributed by atoms with Gasteiger partial charge in [-0.2, -0.15) is 0 Å². The number of hydrogen-bond donors (Lipinski definition) is 1. The van der Waals surface area contributed by atoms with Crippen LogP contribution in [0.25, 0.3) is 0 Å². The van der Waals surface area contributed by atoms with Crippen LogP contribution in [0.3, 0.4) is 0 Å². The summed E-state index contributed by atoms with van der Waals surface area (Å²) in [5.41, 5.74) is 0.702. The number of furan rings is 1. The smallest absolute Gasteiger partial charge is 0.171 e. The van der Waals surface area contributed by atoms with E-state index >= 15 is 0 Å². The van der Waals surface area contributed by atoms with E-state index < -0.39 is 12.9 Å². The lowest BCUT2D eigenvalue weighted by molar-refractivity contribution is 0.504. The molecule has 29 heavy (non-hydrogen) atoms. The van der Waals surface area contributed by atoms with Crippen molar-refractivity contribution in [3.05, 3.63) is 113 Å². The Morgan fingerprint density at radius 2 is 1.38 bits per heavy atom. The van der Waals surface area contributed by atoms with Crippen molar-refractivity contribution in [2.75, 3.05) is 5.32 Å². The van der Waals surface area contributed by atoms with Crippen LogP contribution in [0.5, 0.6) is 0 Å². The summed E-state index contributed by atoms with van der Waals surface area (Å²) in [7, 11) is -3.20. The van der Waals surface area contributed by atoms with E-state index in [4.69, 9.17) is 27.6 Å². The standard InChI is InChI=1S/C23H18Cl2NO2P/c24-20-14-13-17(16-21(20)25)26-23(22-12-7-15-28-22)29(27,18-8-3-1-4-9-18)19-10-5-2-6-11-19/h1-16,23,26H/t23-/m0/s1. The lowest BCUT2D eigenvalue weighted by Gasteiger charge is -2.29. The number of rotatable bonds is 6. The molecule has 146 valence electrons. The van der Waals surface area contributed by atoms with Crippen LogP contribution in [0.2, 0.25) is 10.0 Å². The second-order valence-electron chi connectivity index (χ2n) is 6.52. The van der Waals surface area contributed by atoms with Gasteiger partial charge in [-0.25, -0.2) is 0 Å². The molecule has 0 unspecified atom stereocenters. The molecule has 0 bridgehead atoms. The minimum Gasteiger partial charge on any atom is -0.467 e.